The minimum Gasteiger partial charge on any atom is -0.322 e. The second-order valence-corrected chi connectivity index (χ2v) is 4.77. The molecule has 1 N–H and O–H groups in total. The van der Waals surface area contributed by atoms with E-state index in [1.54, 1.807) is 30.3 Å². The fourth-order valence-corrected chi connectivity index (χ4v) is 1.82. The van der Waals surface area contributed by atoms with E-state index in [1.165, 1.54) is 18.2 Å². The Labute approximate surface area is 121 Å². The zero-order valence-electron chi connectivity index (χ0n) is 10.9. The highest BCUT2D eigenvalue weighted by Crippen LogP contribution is 2.20. The summed E-state index contributed by atoms with van der Waals surface area (Å²) in [7, 11) is 0. The van der Waals surface area contributed by atoms with Gasteiger partial charge in [0, 0.05) is 16.8 Å². The molecule has 0 fully saturated rings. The first-order chi connectivity index (χ1) is 9.54. The lowest BCUT2D eigenvalue weighted by molar-refractivity contribution is -0.111. The van der Waals surface area contributed by atoms with Crippen molar-refractivity contribution in [1.29, 1.82) is 0 Å². The van der Waals surface area contributed by atoms with E-state index in [1.807, 2.05) is 13.0 Å². The van der Waals surface area contributed by atoms with E-state index in [0.29, 0.717) is 10.7 Å². The van der Waals surface area contributed by atoms with Gasteiger partial charge >= 0.3 is 0 Å². The molecule has 0 aromatic heterocycles. The molecule has 0 aliphatic carbocycles. The van der Waals surface area contributed by atoms with E-state index in [-0.39, 0.29) is 11.7 Å². The van der Waals surface area contributed by atoms with Crippen LogP contribution >= 0.6 is 11.6 Å². The monoisotopic (exact) mass is 289 g/mol. The lowest BCUT2D eigenvalue weighted by atomic mass is 10.2. The maximum atomic E-state index is 12.7. The van der Waals surface area contributed by atoms with E-state index in [2.05, 4.69) is 5.32 Å². The summed E-state index contributed by atoms with van der Waals surface area (Å²) in [5, 5.41) is 3.31. The molecule has 0 saturated carbocycles. The summed E-state index contributed by atoms with van der Waals surface area (Å²) in [5.74, 6) is -0.569. The number of nitrogens with one attached hydrogen (secondary N) is 1. The minimum absolute atomic E-state index is 0.264. The minimum atomic E-state index is -0.304. The number of rotatable bonds is 3. The number of hydrogen-bond acceptors (Lipinski definition) is 1. The molecule has 20 heavy (non-hydrogen) atoms. The van der Waals surface area contributed by atoms with Crippen LogP contribution in [0.2, 0.25) is 5.02 Å². The molecule has 0 heterocycles. The normalized spacial score (nSPS) is 10.8. The van der Waals surface area contributed by atoms with Crippen molar-refractivity contribution in [3.63, 3.8) is 0 Å². The van der Waals surface area contributed by atoms with Gasteiger partial charge in [-0.05, 0) is 48.4 Å². The molecule has 0 spiro atoms. The van der Waals surface area contributed by atoms with E-state index in [4.69, 9.17) is 11.6 Å². The van der Waals surface area contributed by atoms with Crippen molar-refractivity contribution in [3.8, 4) is 0 Å². The van der Waals surface area contributed by atoms with Gasteiger partial charge in [0.1, 0.15) is 5.82 Å². The topological polar surface area (TPSA) is 29.1 Å². The number of anilines is 1. The number of benzene rings is 2. The third kappa shape index (κ3) is 3.93. The van der Waals surface area contributed by atoms with Gasteiger partial charge in [-0.3, -0.25) is 4.79 Å². The summed E-state index contributed by atoms with van der Waals surface area (Å²) >= 11 is 5.88. The number of amides is 1. The lowest BCUT2D eigenvalue weighted by Gasteiger charge is -2.06. The molecule has 0 unspecified atom stereocenters. The highest BCUT2D eigenvalue weighted by molar-refractivity contribution is 6.31. The van der Waals surface area contributed by atoms with Crippen LogP contribution in [0.15, 0.2) is 48.5 Å². The van der Waals surface area contributed by atoms with Crippen LogP contribution in [0.3, 0.4) is 0 Å². The van der Waals surface area contributed by atoms with Crippen LogP contribution in [0, 0.1) is 12.7 Å². The fourth-order valence-electron chi connectivity index (χ4n) is 1.65. The van der Waals surface area contributed by atoms with Gasteiger partial charge in [0.25, 0.3) is 0 Å². The molecule has 0 aliphatic heterocycles. The predicted octanol–water partition coefficient (Wildman–Crippen LogP) is 4.44. The van der Waals surface area contributed by atoms with Gasteiger partial charge in [0.2, 0.25) is 5.91 Å². The third-order valence-electron chi connectivity index (χ3n) is 2.75. The summed E-state index contributed by atoms with van der Waals surface area (Å²) in [6, 6.07) is 11.2. The molecular formula is C16H13ClFNO. The predicted molar refractivity (Wildman–Crippen MR) is 80.3 cm³/mol. The van der Waals surface area contributed by atoms with Crippen molar-refractivity contribution >= 4 is 29.3 Å². The molecule has 0 bridgehead atoms. The van der Waals surface area contributed by atoms with Crippen LogP contribution in [-0.2, 0) is 4.79 Å². The van der Waals surface area contributed by atoms with Gasteiger partial charge in [0.05, 0.1) is 0 Å². The average molecular weight is 290 g/mol. The van der Waals surface area contributed by atoms with E-state index in [9.17, 15) is 9.18 Å². The van der Waals surface area contributed by atoms with Gasteiger partial charge < -0.3 is 5.32 Å². The quantitative estimate of drug-likeness (QED) is 0.832. The van der Waals surface area contributed by atoms with Crippen LogP contribution < -0.4 is 5.32 Å². The summed E-state index contributed by atoms with van der Waals surface area (Å²) in [6.45, 7) is 1.88. The average Bonchev–Trinajstić information content (AvgIpc) is 2.42. The Morgan fingerprint density at radius 3 is 2.60 bits per heavy atom. The van der Waals surface area contributed by atoms with Gasteiger partial charge in [-0.2, -0.15) is 0 Å². The first-order valence-corrected chi connectivity index (χ1v) is 6.43. The van der Waals surface area contributed by atoms with Crippen molar-refractivity contribution in [2.45, 2.75) is 6.92 Å². The number of halogens is 2. The molecule has 2 rings (SSSR count). The molecule has 2 aromatic carbocycles. The first kappa shape index (κ1) is 14.3. The molecule has 4 heteroatoms. The van der Waals surface area contributed by atoms with E-state index >= 15 is 0 Å². The summed E-state index contributed by atoms with van der Waals surface area (Å²) < 4.78 is 12.7. The molecule has 2 nitrogen and oxygen atoms in total. The smallest absolute Gasteiger partial charge is 0.248 e. The SMILES string of the molecule is Cc1ccc(Cl)cc1NC(=O)C=Cc1ccc(F)cc1. The van der Waals surface area contributed by atoms with Gasteiger partial charge in [0.15, 0.2) is 0 Å². The van der Waals surface area contributed by atoms with Crippen LogP contribution in [0.25, 0.3) is 6.08 Å². The molecule has 0 aliphatic rings. The number of hydrogen-bond donors (Lipinski definition) is 1. The Balaban J connectivity index is 2.05. The first-order valence-electron chi connectivity index (χ1n) is 6.05. The Bertz CT molecular complexity index is 650. The number of carbonyl (C=O) groups is 1. The second kappa shape index (κ2) is 6.35. The molecule has 102 valence electrons. The van der Waals surface area contributed by atoms with E-state index < -0.39 is 0 Å². The van der Waals surface area contributed by atoms with Crippen molar-refractivity contribution in [1.82, 2.24) is 0 Å². The Morgan fingerprint density at radius 1 is 1.20 bits per heavy atom. The second-order valence-electron chi connectivity index (χ2n) is 4.33. The van der Waals surface area contributed by atoms with Crippen LogP contribution in [0.5, 0.6) is 0 Å². The van der Waals surface area contributed by atoms with E-state index in [0.717, 1.165) is 11.1 Å². The maximum absolute atomic E-state index is 12.7. The Kier molecular flexibility index (Phi) is 4.53. The van der Waals surface area contributed by atoms with Crippen molar-refractivity contribution in [2.24, 2.45) is 0 Å². The third-order valence-corrected chi connectivity index (χ3v) is 2.99. The molecule has 1 amide bonds. The van der Waals surface area contributed by atoms with Crippen LogP contribution in [-0.4, -0.2) is 5.91 Å². The largest absolute Gasteiger partial charge is 0.322 e. The van der Waals surface area contributed by atoms with Crippen molar-refractivity contribution < 1.29 is 9.18 Å². The van der Waals surface area contributed by atoms with Crippen molar-refractivity contribution in [3.05, 3.63) is 70.5 Å². The zero-order chi connectivity index (χ0) is 14.5. The lowest BCUT2D eigenvalue weighted by Crippen LogP contribution is -2.08. The molecule has 0 atom stereocenters. The van der Waals surface area contributed by atoms with Crippen LogP contribution in [0.4, 0.5) is 10.1 Å². The highest BCUT2D eigenvalue weighted by Gasteiger charge is 2.02. The number of carbonyl (C=O) groups excluding carboxylic acids is 1. The molecule has 2 aromatic rings. The fraction of sp³-hybridized carbons (Fsp3) is 0.0625. The maximum Gasteiger partial charge on any atom is 0.248 e. The standard InChI is InChI=1S/C16H13ClFNO/c1-11-2-6-13(17)10-15(11)19-16(20)9-5-12-3-7-14(18)8-4-12/h2-10H,1H3,(H,19,20). The summed E-state index contributed by atoms with van der Waals surface area (Å²) in [5.41, 5.74) is 2.36. The van der Waals surface area contributed by atoms with Gasteiger partial charge in [-0.25, -0.2) is 4.39 Å². The highest BCUT2D eigenvalue weighted by atomic mass is 35.5. The van der Waals surface area contributed by atoms with Gasteiger partial charge in [-0.15, -0.1) is 0 Å². The van der Waals surface area contributed by atoms with Crippen LogP contribution in [0.1, 0.15) is 11.1 Å². The Morgan fingerprint density at radius 2 is 1.90 bits per heavy atom. The number of aryl methyl sites for hydroxylation is 1. The molecule has 0 saturated heterocycles. The zero-order valence-corrected chi connectivity index (χ0v) is 11.6. The summed E-state index contributed by atoms with van der Waals surface area (Å²) in [4.78, 5) is 11.8. The van der Waals surface area contributed by atoms with Gasteiger partial charge in [-0.1, -0.05) is 29.8 Å². The molecular weight excluding hydrogens is 277 g/mol. The Hall–Kier alpha value is -2.13. The molecule has 0 radical (unpaired) electrons. The summed E-state index contributed by atoms with van der Waals surface area (Å²) in [6.07, 6.45) is 3.02. The van der Waals surface area contributed by atoms with Crippen molar-refractivity contribution in [2.75, 3.05) is 5.32 Å².